The molecule has 3 aromatic rings. The third kappa shape index (κ3) is 7.92. The van der Waals surface area contributed by atoms with Crippen LogP contribution in [-0.4, -0.2) is 66.8 Å². The SMILES string of the molecule is CNc1nc2ccc(S(=O)(=O)N(CC(C)C)CC(O)C(Cc3ccccc3)NC(=O)OC(C)(C)C)cc2o1. The van der Waals surface area contributed by atoms with Gasteiger partial charge in [-0.2, -0.15) is 9.29 Å². The highest BCUT2D eigenvalue weighted by atomic mass is 32.2. The van der Waals surface area contributed by atoms with Crippen LogP contribution in [0.5, 0.6) is 0 Å². The fourth-order valence-electron chi connectivity index (χ4n) is 3.95. The standard InChI is InChI=1S/C27H38N4O6S/c1-18(2)16-31(38(34,35)20-12-13-21-24(15-20)36-25(28-6)29-21)17-23(32)22(14-19-10-8-7-9-11-19)30-26(33)37-27(3,4)5/h7-13,15,18,22-23,32H,14,16-17H2,1-6H3,(H,28,29)(H,30,33). The fraction of sp³-hybridized carbons (Fsp3) is 0.481. The molecule has 208 valence electrons. The average molecular weight is 547 g/mol. The lowest BCUT2D eigenvalue weighted by molar-refractivity contribution is 0.0400. The average Bonchev–Trinajstić information content (AvgIpc) is 3.25. The minimum atomic E-state index is -4.02. The van der Waals surface area contributed by atoms with Crippen molar-refractivity contribution in [1.29, 1.82) is 0 Å². The Balaban J connectivity index is 1.89. The van der Waals surface area contributed by atoms with Gasteiger partial charge in [0.1, 0.15) is 11.1 Å². The number of carbonyl (C=O) groups excluding carboxylic acids is 1. The lowest BCUT2D eigenvalue weighted by Crippen LogP contribution is -2.51. The lowest BCUT2D eigenvalue weighted by Gasteiger charge is -2.31. The second-order valence-electron chi connectivity index (χ2n) is 10.6. The van der Waals surface area contributed by atoms with E-state index in [9.17, 15) is 18.3 Å². The largest absolute Gasteiger partial charge is 0.444 e. The first kappa shape index (κ1) is 29.4. The molecule has 1 amide bonds. The summed E-state index contributed by atoms with van der Waals surface area (Å²) in [7, 11) is -2.36. The third-order valence-electron chi connectivity index (χ3n) is 5.64. The zero-order valence-corrected chi connectivity index (χ0v) is 23.6. The van der Waals surface area contributed by atoms with E-state index >= 15 is 0 Å². The summed E-state index contributed by atoms with van der Waals surface area (Å²) >= 11 is 0. The fourth-order valence-corrected chi connectivity index (χ4v) is 5.58. The number of aliphatic hydroxyl groups is 1. The van der Waals surface area contributed by atoms with Crippen molar-refractivity contribution in [2.45, 2.75) is 63.7 Å². The molecular formula is C27H38N4O6S. The first-order valence-corrected chi connectivity index (χ1v) is 14.0. The number of ether oxygens (including phenoxy) is 1. The summed E-state index contributed by atoms with van der Waals surface area (Å²) in [6, 6.07) is 13.3. The quantitative estimate of drug-likeness (QED) is 0.328. The lowest BCUT2D eigenvalue weighted by atomic mass is 10.0. The molecule has 0 aliphatic rings. The monoisotopic (exact) mass is 546 g/mol. The molecule has 11 heteroatoms. The smallest absolute Gasteiger partial charge is 0.407 e. The number of aliphatic hydroxyl groups excluding tert-OH is 1. The third-order valence-corrected chi connectivity index (χ3v) is 7.46. The molecule has 3 rings (SSSR count). The van der Waals surface area contributed by atoms with Crippen LogP contribution >= 0.6 is 0 Å². The predicted octanol–water partition coefficient (Wildman–Crippen LogP) is 4.01. The Labute approximate surface area is 224 Å². The van der Waals surface area contributed by atoms with Crippen LogP contribution in [0.25, 0.3) is 11.1 Å². The molecule has 1 aromatic heterocycles. The second-order valence-corrected chi connectivity index (χ2v) is 12.6. The minimum Gasteiger partial charge on any atom is -0.444 e. The van der Waals surface area contributed by atoms with Gasteiger partial charge in [-0.1, -0.05) is 44.2 Å². The number of amides is 1. The van der Waals surface area contributed by atoms with Gasteiger partial charge in [0.25, 0.3) is 6.01 Å². The van der Waals surface area contributed by atoms with Gasteiger partial charge in [-0.15, -0.1) is 0 Å². The summed E-state index contributed by atoms with van der Waals surface area (Å²) in [4.78, 5) is 16.9. The summed E-state index contributed by atoms with van der Waals surface area (Å²) in [5.41, 5.74) is 0.996. The molecule has 1 heterocycles. The molecule has 0 fully saturated rings. The molecule has 2 atom stereocenters. The van der Waals surface area contributed by atoms with Crippen LogP contribution in [0.3, 0.4) is 0 Å². The van der Waals surface area contributed by atoms with E-state index < -0.39 is 33.9 Å². The Morgan fingerprint density at radius 2 is 1.82 bits per heavy atom. The number of aromatic nitrogens is 1. The van der Waals surface area contributed by atoms with Crippen molar-refractivity contribution in [3.63, 3.8) is 0 Å². The van der Waals surface area contributed by atoms with Gasteiger partial charge in [0.2, 0.25) is 10.0 Å². The van der Waals surface area contributed by atoms with E-state index in [0.717, 1.165) is 5.56 Å². The molecule has 0 radical (unpaired) electrons. The summed E-state index contributed by atoms with van der Waals surface area (Å²) in [5, 5.41) is 16.8. The molecule has 38 heavy (non-hydrogen) atoms. The first-order chi connectivity index (χ1) is 17.8. The van der Waals surface area contributed by atoms with Crippen LogP contribution in [0.4, 0.5) is 10.8 Å². The normalized spacial score (nSPS) is 14.0. The van der Waals surface area contributed by atoms with Gasteiger partial charge in [0.15, 0.2) is 5.58 Å². The number of alkyl carbamates (subject to hydrolysis) is 1. The van der Waals surface area contributed by atoms with Crippen LogP contribution in [0.1, 0.15) is 40.2 Å². The highest BCUT2D eigenvalue weighted by molar-refractivity contribution is 7.89. The molecule has 2 aromatic carbocycles. The molecule has 0 saturated carbocycles. The van der Waals surface area contributed by atoms with Crippen molar-refractivity contribution in [1.82, 2.24) is 14.6 Å². The number of nitrogens with zero attached hydrogens (tertiary/aromatic N) is 2. The number of benzene rings is 2. The van der Waals surface area contributed by atoms with Crippen LogP contribution in [0.15, 0.2) is 57.8 Å². The topological polar surface area (TPSA) is 134 Å². The number of sulfonamides is 1. The van der Waals surface area contributed by atoms with E-state index in [-0.39, 0.29) is 36.3 Å². The van der Waals surface area contributed by atoms with Gasteiger partial charge in [-0.3, -0.25) is 0 Å². The van der Waals surface area contributed by atoms with E-state index in [1.807, 2.05) is 44.2 Å². The Morgan fingerprint density at radius 3 is 2.42 bits per heavy atom. The summed E-state index contributed by atoms with van der Waals surface area (Å²) in [6.07, 6.45) is -1.62. The maximum absolute atomic E-state index is 13.7. The zero-order valence-electron chi connectivity index (χ0n) is 22.8. The molecule has 0 saturated heterocycles. The molecule has 0 bridgehead atoms. The molecular weight excluding hydrogens is 508 g/mol. The van der Waals surface area contributed by atoms with Gasteiger partial charge >= 0.3 is 6.09 Å². The number of nitrogens with one attached hydrogen (secondary N) is 2. The molecule has 2 unspecified atom stereocenters. The van der Waals surface area contributed by atoms with E-state index in [1.165, 1.54) is 16.4 Å². The Hall–Kier alpha value is -3.15. The van der Waals surface area contributed by atoms with Crippen molar-refractivity contribution in [3.8, 4) is 0 Å². The van der Waals surface area contributed by atoms with E-state index in [4.69, 9.17) is 9.15 Å². The van der Waals surface area contributed by atoms with Crippen LogP contribution in [0.2, 0.25) is 0 Å². The van der Waals surface area contributed by atoms with Crippen LogP contribution < -0.4 is 10.6 Å². The number of anilines is 1. The highest BCUT2D eigenvalue weighted by Gasteiger charge is 2.32. The van der Waals surface area contributed by atoms with Crippen LogP contribution in [0, 0.1) is 5.92 Å². The van der Waals surface area contributed by atoms with Crippen LogP contribution in [-0.2, 0) is 21.2 Å². The second kappa shape index (κ2) is 12.1. The first-order valence-electron chi connectivity index (χ1n) is 12.6. The van der Waals surface area contributed by atoms with Gasteiger partial charge in [-0.25, -0.2) is 13.2 Å². The van der Waals surface area contributed by atoms with Gasteiger partial charge < -0.3 is 24.9 Å². The van der Waals surface area contributed by atoms with Gasteiger partial charge in [0, 0.05) is 26.2 Å². The maximum atomic E-state index is 13.7. The van der Waals surface area contributed by atoms with E-state index in [1.54, 1.807) is 33.9 Å². The zero-order chi connectivity index (χ0) is 28.1. The molecule has 0 aliphatic heterocycles. The molecule has 10 nitrogen and oxygen atoms in total. The Morgan fingerprint density at radius 1 is 1.13 bits per heavy atom. The number of rotatable bonds is 11. The number of carbonyl (C=O) groups is 1. The number of hydrogen-bond acceptors (Lipinski definition) is 8. The van der Waals surface area contributed by atoms with Crippen molar-refractivity contribution in [2.24, 2.45) is 5.92 Å². The number of fused-ring (bicyclic) bond motifs is 1. The Kier molecular flexibility index (Phi) is 9.40. The maximum Gasteiger partial charge on any atom is 0.407 e. The van der Waals surface area contributed by atoms with Crippen molar-refractivity contribution >= 4 is 33.2 Å². The number of oxazole rings is 1. The number of hydrogen-bond donors (Lipinski definition) is 3. The molecule has 0 spiro atoms. The Bertz CT molecular complexity index is 1320. The van der Waals surface area contributed by atoms with Crippen molar-refractivity contribution in [2.75, 3.05) is 25.5 Å². The summed E-state index contributed by atoms with van der Waals surface area (Å²) < 4.78 is 39.7. The van der Waals surface area contributed by atoms with Gasteiger partial charge in [-0.05, 0) is 50.8 Å². The van der Waals surface area contributed by atoms with E-state index in [2.05, 4.69) is 15.6 Å². The van der Waals surface area contributed by atoms with Crippen molar-refractivity contribution in [3.05, 3.63) is 54.1 Å². The molecule has 3 N–H and O–H groups in total. The van der Waals surface area contributed by atoms with Crippen molar-refractivity contribution < 1.29 is 27.5 Å². The van der Waals surface area contributed by atoms with E-state index in [0.29, 0.717) is 11.1 Å². The highest BCUT2D eigenvalue weighted by Crippen LogP contribution is 2.25. The minimum absolute atomic E-state index is 0.0201. The van der Waals surface area contributed by atoms with Gasteiger partial charge in [0.05, 0.1) is 17.0 Å². The molecule has 0 aliphatic carbocycles. The summed E-state index contributed by atoms with van der Waals surface area (Å²) in [5.74, 6) is -0.0201. The summed E-state index contributed by atoms with van der Waals surface area (Å²) in [6.45, 7) is 8.97. The predicted molar refractivity (Wildman–Crippen MR) is 146 cm³/mol.